The van der Waals surface area contributed by atoms with Crippen LogP contribution in [0.25, 0.3) is 11.4 Å². The Morgan fingerprint density at radius 2 is 1.54 bits per heavy atom. The number of fused-ring (bicyclic) bond motifs is 1. The lowest BCUT2D eigenvalue weighted by Gasteiger charge is -2.29. The van der Waals surface area contributed by atoms with Crippen LogP contribution < -0.4 is 24.8 Å². The SMILES string of the molecule is COc1cc(OC2=CCC(C3C(=O)Nc4ccccc4C(=O)NS(=O)(=O)CCCCCCCCC[C@H](NC(=O)OC(C)(C)C)C3=O)C=C2)nc(-c2ccccc2)n1. The van der Waals surface area contributed by atoms with E-state index < -0.39 is 57.2 Å². The zero-order chi connectivity index (χ0) is 41.0. The average Bonchev–Trinajstić information content (AvgIpc) is 3.16. The molecule has 3 N–H and O–H groups in total. The summed E-state index contributed by atoms with van der Waals surface area (Å²) < 4.78 is 44.8. The third-order valence-electron chi connectivity index (χ3n) is 9.38. The van der Waals surface area contributed by atoms with Crippen molar-refractivity contribution in [1.29, 1.82) is 0 Å². The van der Waals surface area contributed by atoms with Gasteiger partial charge in [0.05, 0.1) is 36.2 Å². The van der Waals surface area contributed by atoms with Gasteiger partial charge < -0.3 is 24.8 Å². The normalized spacial score (nSPS) is 21.2. The summed E-state index contributed by atoms with van der Waals surface area (Å²) in [5.74, 6) is -3.15. The van der Waals surface area contributed by atoms with E-state index in [4.69, 9.17) is 14.2 Å². The molecule has 1 aromatic heterocycles. The third kappa shape index (κ3) is 12.7. The van der Waals surface area contributed by atoms with E-state index >= 15 is 0 Å². The van der Waals surface area contributed by atoms with Crippen LogP contribution in [-0.4, -0.2) is 66.6 Å². The molecule has 0 radical (unpaired) electrons. The molecule has 57 heavy (non-hydrogen) atoms. The zero-order valence-electron chi connectivity index (χ0n) is 32.8. The molecule has 2 heterocycles. The first-order valence-electron chi connectivity index (χ1n) is 19.2. The summed E-state index contributed by atoms with van der Waals surface area (Å²) in [6.07, 6.45) is 9.61. The topological polar surface area (TPSA) is 192 Å². The molecule has 304 valence electrons. The summed E-state index contributed by atoms with van der Waals surface area (Å²) in [5.41, 5.74) is -0.143. The highest BCUT2D eigenvalue weighted by molar-refractivity contribution is 7.90. The number of hydrogen-bond acceptors (Lipinski definition) is 11. The summed E-state index contributed by atoms with van der Waals surface area (Å²) in [7, 11) is -2.46. The molecular weight excluding hydrogens is 751 g/mol. The number of methoxy groups -OCH3 is 1. The Balaban J connectivity index is 1.46. The number of alkyl carbamates (subject to hydrolysis) is 1. The van der Waals surface area contributed by atoms with Crippen LogP contribution in [0.15, 0.2) is 84.7 Å². The van der Waals surface area contributed by atoms with Crippen molar-refractivity contribution >= 4 is 39.4 Å². The van der Waals surface area contributed by atoms with Crippen LogP contribution in [0.4, 0.5) is 10.5 Å². The maximum Gasteiger partial charge on any atom is 0.408 e. The lowest BCUT2D eigenvalue weighted by molar-refractivity contribution is -0.134. The number of amides is 3. The molecule has 0 bridgehead atoms. The van der Waals surface area contributed by atoms with E-state index in [1.165, 1.54) is 19.2 Å². The van der Waals surface area contributed by atoms with Gasteiger partial charge in [-0.2, -0.15) is 9.97 Å². The number of para-hydroxylation sites is 1. The van der Waals surface area contributed by atoms with Crippen molar-refractivity contribution in [3.8, 4) is 23.1 Å². The Morgan fingerprint density at radius 1 is 0.877 bits per heavy atom. The number of Topliss-reactive ketones (excluding diaryl/α,β-unsaturated/α-hetero) is 1. The van der Waals surface area contributed by atoms with E-state index in [0.717, 1.165) is 31.2 Å². The molecule has 3 amide bonds. The van der Waals surface area contributed by atoms with E-state index in [2.05, 4.69) is 25.3 Å². The van der Waals surface area contributed by atoms with Crippen LogP contribution in [0.5, 0.6) is 11.8 Å². The second kappa shape index (κ2) is 19.5. The maximum atomic E-state index is 14.7. The highest BCUT2D eigenvalue weighted by Gasteiger charge is 2.39. The number of benzene rings is 2. The van der Waals surface area contributed by atoms with Gasteiger partial charge >= 0.3 is 6.09 Å². The zero-order valence-corrected chi connectivity index (χ0v) is 33.6. The van der Waals surface area contributed by atoms with Crippen LogP contribution in [0.3, 0.4) is 0 Å². The fourth-order valence-electron chi connectivity index (χ4n) is 6.60. The van der Waals surface area contributed by atoms with Crippen LogP contribution in [0, 0.1) is 11.8 Å². The first-order valence-corrected chi connectivity index (χ1v) is 20.9. The number of allylic oxidation sites excluding steroid dienone is 3. The smallest absolute Gasteiger partial charge is 0.408 e. The Labute approximate surface area is 333 Å². The maximum absolute atomic E-state index is 14.7. The van der Waals surface area contributed by atoms with Crippen molar-refractivity contribution in [1.82, 2.24) is 20.0 Å². The number of hydrogen-bond donors (Lipinski definition) is 3. The summed E-state index contributed by atoms with van der Waals surface area (Å²) >= 11 is 0. The van der Waals surface area contributed by atoms with Crippen molar-refractivity contribution < 1.29 is 41.8 Å². The van der Waals surface area contributed by atoms with E-state index in [1.54, 1.807) is 57.2 Å². The monoisotopic (exact) mass is 801 g/mol. The van der Waals surface area contributed by atoms with Gasteiger partial charge in [-0.25, -0.2) is 17.9 Å². The number of nitrogens with zero attached hydrogens (tertiary/aromatic N) is 2. The first-order chi connectivity index (χ1) is 27.2. The molecule has 15 heteroatoms. The molecule has 2 aliphatic rings. The van der Waals surface area contributed by atoms with Crippen molar-refractivity contribution in [3.05, 3.63) is 90.2 Å². The minimum Gasteiger partial charge on any atom is -0.481 e. The molecule has 0 spiro atoms. The quantitative estimate of drug-likeness (QED) is 0.220. The minimum absolute atomic E-state index is 0.0221. The number of nitrogens with one attached hydrogen (secondary N) is 3. The fraction of sp³-hybridized carbons (Fsp3) is 0.429. The Bertz CT molecular complexity index is 2080. The summed E-state index contributed by atoms with van der Waals surface area (Å²) in [4.78, 5) is 64.4. The molecule has 3 aromatic rings. The second-order valence-corrected chi connectivity index (χ2v) is 16.9. The minimum atomic E-state index is -3.95. The lowest BCUT2D eigenvalue weighted by Crippen LogP contribution is -2.49. The molecule has 2 aromatic carbocycles. The molecule has 14 nitrogen and oxygen atoms in total. The number of ether oxygens (including phenoxy) is 3. The molecule has 0 saturated heterocycles. The summed E-state index contributed by atoms with van der Waals surface area (Å²) in [5, 5.41) is 5.47. The summed E-state index contributed by atoms with van der Waals surface area (Å²) in [6, 6.07) is 15.8. The third-order valence-corrected chi connectivity index (χ3v) is 10.7. The molecular formula is C42H51N5O9S. The van der Waals surface area contributed by atoms with Crippen LogP contribution in [0.2, 0.25) is 0 Å². The van der Waals surface area contributed by atoms with Crippen LogP contribution >= 0.6 is 0 Å². The molecule has 0 fully saturated rings. The number of aromatic nitrogens is 2. The molecule has 1 aliphatic heterocycles. The van der Waals surface area contributed by atoms with Gasteiger partial charge in [0.15, 0.2) is 11.6 Å². The first kappa shape index (κ1) is 42.6. The van der Waals surface area contributed by atoms with Gasteiger partial charge in [0.25, 0.3) is 5.91 Å². The number of rotatable bonds is 6. The average molecular weight is 802 g/mol. The number of sulfonamides is 1. The van der Waals surface area contributed by atoms with Gasteiger partial charge in [0, 0.05) is 5.56 Å². The Morgan fingerprint density at radius 3 is 2.23 bits per heavy atom. The standard InChI is InChI=1S/C42H51N5O9S/c1-42(2,3)56-41(51)44-33-21-13-8-6-5-7-9-16-26-57(52,53)47-39(49)31-19-14-15-20-32(31)43-40(50)36(37(33)48)28-22-24-30(25-23-28)55-35-27-34(54-4)45-38(46-35)29-17-11-10-12-18-29/h10-12,14-15,17-20,22,24-25,27-28,33,36H,5-9,13,16,21,23,26H2,1-4H3,(H,43,50)(H,44,51)(H,47,49)/t28?,33-,36?/m0/s1. The lowest BCUT2D eigenvalue weighted by atomic mass is 9.80. The van der Waals surface area contributed by atoms with E-state index in [0.29, 0.717) is 36.7 Å². The second-order valence-electron chi connectivity index (χ2n) is 15.0. The van der Waals surface area contributed by atoms with Gasteiger partial charge in [0.2, 0.25) is 27.7 Å². The van der Waals surface area contributed by atoms with Gasteiger partial charge in [-0.1, -0.05) is 87.1 Å². The van der Waals surface area contributed by atoms with Crippen LogP contribution in [-0.2, 0) is 24.3 Å². The molecule has 3 atom stereocenters. The van der Waals surface area contributed by atoms with Gasteiger partial charge in [0.1, 0.15) is 17.3 Å². The highest BCUT2D eigenvalue weighted by Crippen LogP contribution is 2.31. The number of carbonyl (C=O) groups excluding carboxylic acids is 4. The summed E-state index contributed by atoms with van der Waals surface area (Å²) in [6.45, 7) is 5.15. The molecule has 5 rings (SSSR count). The highest BCUT2D eigenvalue weighted by atomic mass is 32.2. The number of carbonyl (C=O) groups is 4. The van der Waals surface area contributed by atoms with E-state index in [-0.39, 0.29) is 35.7 Å². The molecule has 1 aliphatic carbocycles. The van der Waals surface area contributed by atoms with Crippen molar-refractivity contribution in [3.63, 3.8) is 0 Å². The predicted molar refractivity (Wildman–Crippen MR) is 215 cm³/mol. The van der Waals surface area contributed by atoms with Gasteiger partial charge in [-0.05, 0) is 70.2 Å². The molecule has 2 unspecified atom stereocenters. The fourth-order valence-corrected chi connectivity index (χ4v) is 7.68. The number of ketones is 1. The Hall–Kier alpha value is -5.57. The number of anilines is 1. The molecule has 0 saturated carbocycles. The van der Waals surface area contributed by atoms with Gasteiger partial charge in [-0.15, -0.1) is 0 Å². The van der Waals surface area contributed by atoms with Crippen LogP contribution in [0.1, 0.15) is 88.9 Å². The largest absolute Gasteiger partial charge is 0.481 e. The van der Waals surface area contributed by atoms with Crippen molar-refractivity contribution in [2.45, 2.75) is 90.2 Å². The van der Waals surface area contributed by atoms with E-state index in [1.807, 2.05) is 30.3 Å². The predicted octanol–water partition coefficient (Wildman–Crippen LogP) is 6.90. The van der Waals surface area contributed by atoms with Crippen molar-refractivity contribution in [2.75, 3.05) is 18.2 Å². The van der Waals surface area contributed by atoms with Crippen molar-refractivity contribution in [2.24, 2.45) is 11.8 Å². The van der Waals surface area contributed by atoms with E-state index in [9.17, 15) is 27.6 Å². The van der Waals surface area contributed by atoms with Gasteiger partial charge in [-0.3, -0.25) is 14.4 Å². The Kier molecular flexibility index (Phi) is 14.6.